The third kappa shape index (κ3) is 2.66. The van der Waals surface area contributed by atoms with Gasteiger partial charge >= 0.3 is 0 Å². The number of nitrogens with two attached hydrogens (primary N) is 1. The van der Waals surface area contributed by atoms with Crippen LogP contribution in [0.15, 0.2) is 34.8 Å². The molecule has 0 fully saturated rings. The van der Waals surface area contributed by atoms with Gasteiger partial charge in [-0.25, -0.2) is 4.98 Å². The van der Waals surface area contributed by atoms with E-state index in [0.717, 1.165) is 27.5 Å². The lowest BCUT2D eigenvalue weighted by Gasteiger charge is -2.12. The van der Waals surface area contributed by atoms with Gasteiger partial charge in [0.25, 0.3) is 0 Å². The Morgan fingerprint density at radius 1 is 1.41 bits per heavy atom. The summed E-state index contributed by atoms with van der Waals surface area (Å²) in [7, 11) is 0. The molecule has 3 heteroatoms. The van der Waals surface area contributed by atoms with Crippen molar-refractivity contribution in [3.05, 3.63) is 40.5 Å². The van der Waals surface area contributed by atoms with Gasteiger partial charge in [0.05, 0.1) is 11.2 Å². The molecule has 2 nitrogen and oxygen atoms in total. The van der Waals surface area contributed by atoms with Crippen molar-refractivity contribution in [3.8, 4) is 12.3 Å². The fraction of sp³-hybridized carbons (Fsp3) is 0.214. The van der Waals surface area contributed by atoms with Crippen molar-refractivity contribution in [2.45, 2.75) is 18.9 Å². The fourth-order valence-corrected chi connectivity index (χ4v) is 2.37. The molecule has 2 N–H and O–H groups in total. The first-order chi connectivity index (χ1) is 8.22. The molecule has 0 spiro atoms. The lowest BCUT2D eigenvalue weighted by molar-refractivity contribution is 0.647. The Morgan fingerprint density at radius 2 is 2.18 bits per heavy atom. The normalized spacial score (nSPS) is 12.3. The first-order valence-electron chi connectivity index (χ1n) is 5.46. The Balaban J connectivity index is 2.40. The van der Waals surface area contributed by atoms with Gasteiger partial charge in [-0.05, 0) is 34.5 Å². The van der Waals surface area contributed by atoms with Crippen molar-refractivity contribution < 1.29 is 0 Å². The highest BCUT2D eigenvalue weighted by atomic mass is 79.9. The zero-order valence-electron chi connectivity index (χ0n) is 9.36. The van der Waals surface area contributed by atoms with E-state index in [-0.39, 0.29) is 6.04 Å². The summed E-state index contributed by atoms with van der Waals surface area (Å²) in [6, 6.07) is 9.91. The Kier molecular flexibility index (Phi) is 3.78. The minimum absolute atomic E-state index is 0.120. The van der Waals surface area contributed by atoms with Crippen molar-refractivity contribution in [1.82, 2.24) is 4.98 Å². The van der Waals surface area contributed by atoms with Crippen LogP contribution < -0.4 is 5.73 Å². The van der Waals surface area contributed by atoms with Crippen molar-refractivity contribution in [2.75, 3.05) is 0 Å². The Labute approximate surface area is 109 Å². The molecular formula is C14H13BrN2. The minimum atomic E-state index is -0.120. The van der Waals surface area contributed by atoms with Gasteiger partial charge in [-0.2, -0.15) is 0 Å². The summed E-state index contributed by atoms with van der Waals surface area (Å²) in [5, 5.41) is 1.10. The van der Waals surface area contributed by atoms with Gasteiger partial charge in [0.2, 0.25) is 0 Å². The number of aromatic nitrogens is 1. The lowest BCUT2D eigenvalue weighted by Crippen LogP contribution is -2.12. The van der Waals surface area contributed by atoms with E-state index in [4.69, 9.17) is 12.2 Å². The summed E-state index contributed by atoms with van der Waals surface area (Å²) in [6.07, 6.45) is 6.67. The second kappa shape index (κ2) is 5.31. The molecule has 0 bridgehead atoms. The maximum atomic E-state index is 6.08. The quantitative estimate of drug-likeness (QED) is 0.879. The molecule has 2 aromatic rings. The Bertz CT molecular complexity index is 572. The van der Waals surface area contributed by atoms with Crippen molar-refractivity contribution in [1.29, 1.82) is 0 Å². The summed E-state index contributed by atoms with van der Waals surface area (Å²) >= 11 is 3.52. The highest BCUT2D eigenvalue weighted by Gasteiger charge is 2.12. The largest absolute Gasteiger partial charge is 0.323 e. The van der Waals surface area contributed by atoms with Crippen molar-refractivity contribution in [2.24, 2.45) is 5.73 Å². The van der Waals surface area contributed by atoms with E-state index in [1.807, 2.05) is 30.3 Å². The van der Waals surface area contributed by atoms with Crippen LogP contribution in [0.5, 0.6) is 0 Å². The molecule has 0 aliphatic heterocycles. The lowest BCUT2D eigenvalue weighted by atomic mass is 10.1. The van der Waals surface area contributed by atoms with Crippen molar-refractivity contribution in [3.63, 3.8) is 0 Å². The average molecular weight is 289 g/mol. The number of fused-ring (bicyclic) bond motifs is 1. The molecule has 17 heavy (non-hydrogen) atoms. The number of hydrogen-bond donors (Lipinski definition) is 1. The molecule has 0 saturated heterocycles. The van der Waals surface area contributed by atoms with E-state index in [0.29, 0.717) is 6.42 Å². The second-order valence-electron chi connectivity index (χ2n) is 3.90. The van der Waals surface area contributed by atoms with Gasteiger partial charge in [0, 0.05) is 22.3 Å². The molecule has 2 rings (SSSR count). The number of hydrogen-bond acceptors (Lipinski definition) is 2. The van der Waals surface area contributed by atoms with E-state index >= 15 is 0 Å². The van der Waals surface area contributed by atoms with E-state index < -0.39 is 0 Å². The van der Waals surface area contributed by atoms with Crippen LogP contribution in [0, 0.1) is 12.3 Å². The van der Waals surface area contributed by atoms with E-state index in [9.17, 15) is 0 Å². The summed E-state index contributed by atoms with van der Waals surface area (Å²) in [4.78, 5) is 4.59. The van der Waals surface area contributed by atoms with Gasteiger partial charge in [0.1, 0.15) is 0 Å². The smallest absolute Gasteiger partial charge is 0.0720 e. The molecule has 1 unspecified atom stereocenters. The van der Waals surface area contributed by atoms with Gasteiger partial charge in [-0.15, -0.1) is 12.3 Å². The van der Waals surface area contributed by atoms with Crippen molar-refractivity contribution >= 4 is 26.8 Å². The van der Waals surface area contributed by atoms with E-state index in [2.05, 4.69) is 26.8 Å². The third-order valence-corrected chi connectivity index (χ3v) is 3.29. The van der Waals surface area contributed by atoms with Gasteiger partial charge in [-0.3, -0.25) is 0 Å². The van der Waals surface area contributed by atoms with Crippen LogP contribution in [0.2, 0.25) is 0 Å². The van der Waals surface area contributed by atoms with Crippen LogP contribution in [0.4, 0.5) is 0 Å². The topological polar surface area (TPSA) is 38.9 Å². The summed E-state index contributed by atoms with van der Waals surface area (Å²) < 4.78 is 0.945. The summed E-state index contributed by atoms with van der Waals surface area (Å²) in [6.45, 7) is 0. The van der Waals surface area contributed by atoms with E-state index in [1.165, 1.54) is 0 Å². The van der Waals surface area contributed by atoms with Crippen LogP contribution in [-0.4, -0.2) is 4.98 Å². The zero-order chi connectivity index (χ0) is 12.3. The molecular weight excluding hydrogens is 276 g/mol. The third-order valence-electron chi connectivity index (χ3n) is 2.66. The van der Waals surface area contributed by atoms with Gasteiger partial charge in [0.15, 0.2) is 0 Å². The predicted octanol–water partition coefficient (Wildman–Crippen LogP) is 3.41. The average Bonchev–Trinajstić information content (AvgIpc) is 2.35. The molecule has 1 aromatic carbocycles. The monoisotopic (exact) mass is 288 g/mol. The van der Waals surface area contributed by atoms with Gasteiger partial charge in [-0.1, -0.05) is 18.2 Å². The maximum Gasteiger partial charge on any atom is 0.0720 e. The summed E-state index contributed by atoms with van der Waals surface area (Å²) in [5.74, 6) is 2.60. The molecule has 1 heterocycles. The number of rotatable bonds is 3. The fourth-order valence-electron chi connectivity index (χ4n) is 1.74. The molecule has 0 aliphatic carbocycles. The number of pyridine rings is 1. The Morgan fingerprint density at radius 3 is 2.94 bits per heavy atom. The highest BCUT2D eigenvalue weighted by molar-refractivity contribution is 9.10. The standard InChI is InChI=1S/C14H13BrN2/c1-2-3-7-12(16)14-11(15)9-10-6-4-5-8-13(10)17-14/h1,4-6,8-9,12H,3,7,16H2. The number of para-hydroxylation sites is 1. The maximum absolute atomic E-state index is 6.08. The first kappa shape index (κ1) is 12.1. The van der Waals surface area contributed by atoms with E-state index in [1.54, 1.807) is 0 Å². The Hall–Kier alpha value is -1.37. The second-order valence-corrected chi connectivity index (χ2v) is 4.75. The number of halogens is 1. The molecule has 1 aromatic heterocycles. The predicted molar refractivity (Wildman–Crippen MR) is 74.4 cm³/mol. The molecule has 0 aliphatic rings. The van der Waals surface area contributed by atoms with Crippen LogP contribution in [0.3, 0.4) is 0 Å². The number of benzene rings is 1. The van der Waals surface area contributed by atoms with Crippen LogP contribution in [-0.2, 0) is 0 Å². The number of terminal acetylenes is 1. The summed E-state index contributed by atoms with van der Waals surface area (Å²) in [5.41, 5.74) is 7.92. The highest BCUT2D eigenvalue weighted by Crippen LogP contribution is 2.26. The van der Waals surface area contributed by atoms with Crippen LogP contribution in [0.1, 0.15) is 24.6 Å². The molecule has 0 radical (unpaired) electrons. The molecule has 0 amide bonds. The molecule has 86 valence electrons. The molecule has 1 atom stereocenters. The van der Waals surface area contributed by atoms with Crippen LogP contribution in [0.25, 0.3) is 10.9 Å². The van der Waals surface area contributed by atoms with Crippen LogP contribution >= 0.6 is 15.9 Å². The first-order valence-corrected chi connectivity index (χ1v) is 6.26. The van der Waals surface area contributed by atoms with Gasteiger partial charge < -0.3 is 5.73 Å². The number of nitrogens with zero attached hydrogens (tertiary/aromatic N) is 1. The minimum Gasteiger partial charge on any atom is -0.323 e. The SMILES string of the molecule is C#CCCC(N)c1nc2ccccc2cc1Br. The molecule has 0 saturated carbocycles. The zero-order valence-corrected chi connectivity index (χ0v) is 10.9.